The van der Waals surface area contributed by atoms with Crippen LogP contribution >= 0.6 is 0 Å². The summed E-state index contributed by atoms with van der Waals surface area (Å²) < 4.78 is 28.6. The number of likely N-dealkylation sites (tertiary alicyclic amines) is 1. The van der Waals surface area contributed by atoms with Gasteiger partial charge in [0, 0.05) is 42.2 Å². The van der Waals surface area contributed by atoms with E-state index in [4.69, 9.17) is 9.47 Å². The molecule has 0 bridgehead atoms. The number of carbonyl (C=O) groups is 3. The van der Waals surface area contributed by atoms with Crippen LogP contribution in [0.4, 0.5) is 15.5 Å². The smallest absolute Gasteiger partial charge is 0.264 e. The molecule has 0 radical (unpaired) electrons. The highest BCUT2D eigenvalue weighted by Gasteiger charge is 2.67. The van der Waals surface area contributed by atoms with Crippen molar-refractivity contribution in [2.75, 3.05) is 36.6 Å². The predicted octanol–water partition coefficient (Wildman–Crippen LogP) is 4.91. The van der Waals surface area contributed by atoms with E-state index in [1.807, 2.05) is 48.2 Å². The molecule has 5 atom stereocenters. The summed E-state index contributed by atoms with van der Waals surface area (Å²) in [4.78, 5) is 46.1. The molecule has 3 amide bonds. The zero-order valence-corrected chi connectivity index (χ0v) is 27.6. The molecule has 9 nitrogen and oxygen atoms in total. The van der Waals surface area contributed by atoms with E-state index in [-0.39, 0.29) is 43.3 Å². The molecule has 4 aliphatic heterocycles. The highest BCUT2D eigenvalue weighted by atomic mass is 28.4. The first-order valence-corrected chi connectivity index (χ1v) is 19.1. The van der Waals surface area contributed by atoms with Gasteiger partial charge in [-0.25, -0.2) is 0 Å². The van der Waals surface area contributed by atoms with Gasteiger partial charge in [-0.1, -0.05) is 19.1 Å². The molecular formula is C34H44FN3O6Si. The summed E-state index contributed by atoms with van der Waals surface area (Å²) in [5, 5.41) is 9.83. The maximum absolute atomic E-state index is 16.3. The molecule has 1 N–H and O–H groups in total. The fourth-order valence-corrected chi connectivity index (χ4v) is 10.7. The summed E-state index contributed by atoms with van der Waals surface area (Å²) in [5.74, 6) is -0.356. The van der Waals surface area contributed by atoms with Crippen LogP contribution in [0.25, 0.3) is 0 Å². The maximum Gasteiger partial charge on any atom is 0.264 e. The molecule has 0 aromatic heterocycles. The number of fused-ring (bicyclic) bond motifs is 2. The number of aliphatic hydroxyl groups excluding tert-OH is 1. The van der Waals surface area contributed by atoms with Crippen molar-refractivity contribution in [1.82, 2.24) is 4.90 Å². The lowest BCUT2D eigenvalue weighted by molar-refractivity contribution is -0.150. The van der Waals surface area contributed by atoms with Gasteiger partial charge in [0.05, 0.1) is 44.5 Å². The lowest BCUT2D eigenvalue weighted by Crippen LogP contribution is -2.45. The molecule has 3 fully saturated rings. The van der Waals surface area contributed by atoms with Gasteiger partial charge in [0.1, 0.15) is 5.75 Å². The molecule has 4 aliphatic rings. The summed E-state index contributed by atoms with van der Waals surface area (Å²) in [6, 6.07) is 12.9. The third kappa shape index (κ3) is 5.46. The molecule has 11 heteroatoms. The Hall–Kier alpha value is -3.28. The summed E-state index contributed by atoms with van der Waals surface area (Å²) in [7, 11) is -1.90. The second-order valence-corrected chi connectivity index (χ2v) is 17.3. The molecule has 3 saturated heterocycles. The van der Waals surface area contributed by atoms with Crippen molar-refractivity contribution in [3.05, 3.63) is 53.6 Å². The third-order valence-corrected chi connectivity index (χ3v) is 12.8. The molecule has 45 heavy (non-hydrogen) atoms. The molecule has 0 aliphatic carbocycles. The van der Waals surface area contributed by atoms with Crippen molar-refractivity contribution >= 4 is 37.5 Å². The van der Waals surface area contributed by atoms with E-state index < -0.39 is 31.6 Å². The van der Waals surface area contributed by atoms with E-state index in [0.717, 1.165) is 36.9 Å². The Morgan fingerprint density at radius 1 is 1.13 bits per heavy atom. The van der Waals surface area contributed by atoms with Crippen LogP contribution in [0, 0.1) is 5.92 Å². The van der Waals surface area contributed by atoms with Crippen LogP contribution in [-0.4, -0.2) is 75.1 Å². The number of benzene rings is 2. The summed E-state index contributed by atoms with van der Waals surface area (Å²) in [6.07, 6.45) is 3.06. The van der Waals surface area contributed by atoms with Gasteiger partial charge in [-0.3, -0.25) is 14.4 Å². The van der Waals surface area contributed by atoms with E-state index in [0.29, 0.717) is 36.5 Å². The first kappa shape index (κ1) is 31.7. The average Bonchev–Trinajstić information content (AvgIpc) is 3.68. The van der Waals surface area contributed by atoms with Crippen LogP contribution in [0.1, 0.15) is 56.6 Å². The fraction of sp³-hybridized carbons (Fsp3) is 0.559. The topological polar surface area (TPSA) is 99.6 Å². The van der Waals surface area contributed by atoms with E-state index in [2.05, 4.69) is 0 Å². The fourth-order valence-electron chi connectivity index (χ4n) is 8.24. The van der Waals surface area contributed by atoms with Crippen molar-refractivity contribution in [2.24, 2.45) is 5.92 Å². The van der Waals surface area contributed by atoms with Crippen molar-refractivity contribution in [2.45, 2.75) is 88.4 Å². The number of piperidine rings is 1. The first-order chi connectivity index (χ1) is 21.5. The van der Waals surface area contributed by atoms with Gasteiger partial charge >= 0.3 is 0 Å². The molecule has 2 aromatic rings. The first-order valence-electron chi connectivity index (χ1n) is 16.2. The normalized spacial score (nSPS) is 28.4. The number of hydrogen-bond acceptors (Lipinski definition) is 6. The second-order valence-electron chi connectivity index (χ2n) is 13.5. The van der Waals surface area contributed by atoms with Gasteiger partial charge in [0.15, 0.2) is 5.60 Å². The van der Waals surface area contributed by atoms with Gasteiger partial charge in [0.25, 0.3) is 5.91 Å². The lowest BCUT2D eigenvalue weighted by Gasteiger charge is -2.31. The number of anilines is 2. The summed E-state index contributed by atoms with van der Waals surface area (Å²) in [6.45, 7) is 6.47. The Morgan fingerprint density at radius 3 is 2.64 bits per heavy atom. The Morgan fingerprint density at radius 2 is 1.93 bits per heavy atom. The highest BCUT2D eigenvalue weighted by Crippen LogP contribution is 2.60. The summed E-state index contributed by atoms with van der Waals surface area (Å²) >= 11 is 0. The zero-order chi connectivity index (χ0) is 32.1. The van der Waals surface area contributed by atoms with E-state index >= 15 is 4.11 Å². The monoisotopic (exact) mass is 637 g/mol. The number of hydrogen-bond donors (Lipinski definition) is 1. The van der Waals surface area contributed by atoms with Gasteiger partial charge in [-0.2, -0.15) is 0 Å². The molecule has 2 aromatic carbocycles. The third-order valence-electron chi connectivity index (χ3n) is 10.3. The highest BCUT2D eigenvalue weighted by molar-refractivity contribution is 6.72. The number of carbonyl (C=O) groups excluding carboxylic acids is 3. The number of ether oxygens (including phenoxy) is 2. The van der Waals surface area contributed by atoms with Crippen molar-refractivity contribution in [1.29, 1.82) is 0 Å². The van der Waals surface area contributed by atoms with Crippen LogP contribution in [-0.2, 0) is 31.3 Å². The van der Waals surface area contributed by atoms with Crippen LogP contribution in [0.3, 0.4) is 0 Å². The summed E-state index contributed by atoms with van der Waals surface area (Å²) in [5.41, 5.74) is 0.845. The zero-order valence-electron chi connectivity index (χ0n) is 26.6. The Kier molecular flexibility index (Phi) is 8.55. The van der Waals surface area contributed by atoms with Crippen LogP contribution in [0.15, 0.2) is 42.5 Å². The van der Waals surface area contributed by atoms with Crippen LogP contribution in [0.2, 0.25) is 18.6 Å². The minimum Gasteiger partial charge on any atom is -0.497 e. The second kappa shape index (κ2) is 12.1. The number of nitrogens with zero attached hydrogens (tertiary/aromatic N) is 3. The number of amides is 3. The molecule has 242 valence electrons. The van der Waals surface area contributed by atoms with Gasteiger partial charge < -0.3 is 33.4 Å². The Balaban J connectivity index is 1.36. The van der Waals surface area contributed by atoms with Crippen molar-refractivity contribution in [3.8, 4) is 5.75 Å². The Labute approximate surface area is 265 Å². The molecular weight excluding hydrogens is 593 g/mol. The number of halogens is 1. The van der Waals surface area contributed by atoms with Gasteiger partial charge in [-0.05, 0) is 74.7 Å². The minimum absolute atomic E-state index is 0.0495. The molecule has 4 heterocycles. The SMILES string of the molecule is COc1ccc2c(c1)[C@@]1(O[C@H](CC(=O)N3CCC[C@H]3CO)[C@@H]([Si](C)(C)F)[C@@H]1C)C(=O)N2Cc1cccc(N2CCCCC2=O)c1. The predicted molar refractivity (Wildman–Crippen MR) is 171 cm³/mol. The largest absolute Gasteiger partial charge is 0.497 e. The van der Waals surface area contributed by atoms with Gasteiger partial charge in [0.2, 0.25) is 20.2 Å². The maximum atomic E-state index is 16.3. The number of aliphatic hydroxyl groups is 1. The van der Waals surface area contributed by atoms with Gasteiger partial charge in [-0.15, -0.1) is 0 Å². The van der Waals surface area contributed by atoms with Crippen molar-refractivity contribution in [3.63, 3.8) is 0 Å². The molecule has 6 rings (SSSR count). The van der Waals surface area contributed by atoms with E-state index in [9.17, 15) is 19.5 Å². The Bertz CT molecular complexity index is 1480. The molecule has 1 spiro atoms. The van der Waals surface area contributed by atoms with Crippen LogP contribution < -0.4 is 14.5 Å². The quantitative estimate of drug-likeness (QED) is 0.327. The standard InChI is InChI=1S/C34H44FN3O6Si/c1-22-32(45(3,4)35)29(19-31(41)37-16-8-11-25(37)21-39)44-34(22)27-18-26(43-2)13-14-28(27)38(33(34)42)20-23-9-7-10-24(17-23)36-15-6-5-12-30(36)40/h7,9-10,13-14,17-18,22,25,29,32,39H,5-6,8,11-12,15-16,19-21H2,1-4H3/t22-,25-,29+,32-,34+/m0/s1. The van der Waals surface area contributed by atoms with E-state index in [1.165, 1.54) is 0 Å². The number of methoxy groups -OCH3 is 1. The lowest BCUT2D eigenvalue weighted by atomic mass is 9.82. The minimum atomic E-state index is -3.46. The van der Waals surface area contributed by atoms with Crippen LogP contribution in [0.5, 0.6) is 5.75 Å². The number of rotatable bonds is 8. The van der Waals surface area contributed by atoms with E-state index in [1.54, 1.807) is 36.1 Å². The van der Waals surface area contributed by atoms with Crippen molar-refractivity contribution < 1.29 is 33.1 Å². The molecule has 0 saturated carbocycles. The average molecular weight is 638 g/mol. The molecule has 0 unspecified atom stereocenters.